The van der Waals surface area contributed by atoms with Gasteiger partial charge < -0.3 is 10.1 Å². The first-order chi connectivity index (χ1) is 6.61. The molecule has 0 aliphatic rings. The Morgan fingerprint density at radius 3 is 2.86 bits per heavy atom. The average Bonchev–Trinajstić information content (AvgIpc) is 2.56. The van der Waals surface area contributed by atoms with Crippen LogP contribution < -0.4 is 0 Å². The minimum Gasteiger partial charge on any atom is -0.478 e. The van der Waals surface area contributed by atoms with Gasteiger partial charge in [-0.3, -0.25) is 0 Å². The number of H-pyrrole nitrogens is 1. The van der Waals surface area contributed by atoms with Crippen LogP contribution in [0.15, 0.2) is 22.8 Å². The van der Waals surface area contributed by atoms with Gasteiger partial charge in [0.05, 0.1) is 11.1 Å². The molecule has 0 aliphatic carbocycles. The van der Waals surface area contributed by atoms with Gasteiger partial charge in [0.2, 0.25) is 0 Å². The Kier molecular flexibility index (Phi) is 2.07. The summed E-state index contributed by atoms with van der Waals surface area (Å²) in [7, 11) is 0. The van der Waals surface area contributed by atoms with Crippen molar-refractivity contribution < 1.29 is 9.90 Å². The van der Waals surface area contributed by atoms with E-state index in [1.54, 1.807) is 0 Å². The van der Waals surface area contributed by atoms with Crippen LogP contribution in [0.5, 0.6) is 0 Å². The van der Waals surface area contributed by atoms with Crippen LogP contribution in [0.4, 0.5) is 0 Å². The number of halogens is 1. The summed E-state index contributed by atoms with van der Waals surface area (Å²) in [5, 5.41) is 9.72. The summed E-state index contributed by atoms with van der Waals surface area (Å²) in [5.41, 5.74) is 2.11. The van der Waals surface area contributed by atoms with Gasteiger partial charge in [-0.15, -0.1) is 0 Å². The van der Waals surface area contributed by atoms with E-state index in [9.17, 15) is 4.79 Å². The molecule has 0 fully saturated rings. The molecule has 2 N–H and O–H groups in total. The first-order valence-corrected chi connectivity index (χ1v) is 4.90. The zero-order valence-electron chi connectivity index (χ0n) is 7.47. The van der Waals surface area contributed by atoms with E-state index >= 15 is 0 Å². The fourth-order valence-electron chi connectivity index (χ4n) is 1.55. The SMILES string of the molecule is Cc1ccc(Br)c2[nH]cc(C(=O)O)c12. The van der Waals surface area contributed by atoms with Crippen molar-refractivity contribution in [1.82, 2.24) is 4.98 Å². The molecule has 0 saturated heterocycles. The Morgan fingerprint density at radius 1 is 1.50 bits per heavy atom. The number of hydrogen-bond acceptors (Lipinski definition) is 1. The number of carbonyl (C=O) groups is 1. The molecule has 14 heavy (non-hydrogen) atoms. The highest BCUT2D eigenvalue weighted by Gasteiger charge is 2.13. The molecule has 4 heteroatoms. The second-order valence-electron chi connectivity index (χ2n) is 3.12. The van der Waals surface area contributed by atoms with Gasteiger partial charge in [-0.25, -0.2) is 4.79 Å². The van der Waals surface area contributed by atoms with E-state index in [0.29, 0.717) is 5.56 Å². The number of benzene rings is 1. The highest BCUT2D eigenvalue weighted by atomic mass is 79.9. The Labute approximate surface area is 88.9 Å². The fourth-order valence-corrected chi connectivity index (χ4v) is 2.00. The van der Waals surface area contributed by atoms with E-state index in [-0.39, 0.29) is 0 Å². The maximum absolute atomic E-state index is 10.9. The second kappa shape index (κ2) is 3.13. The molecule has 0 saturated carbocycles. The molecule has 72 valence electrons. The quantitative estimate of drug-likeness (QED) is 0.821. The maximum Gasteiger partial charge on any atom is 0.337 e. The molecule has 0 aliphatic heterocycles. The summed E-state index contributed by atoms with van der Waals surface area (Å²) in [4.78, 5) is 13.9. The monoisotopic (exact) mass is 253 g/mol. The lowest BCUT2D eigenvalue weighted by molar-refractivity contribution is 0.0699. The number of nitrogens with one attached hydrogen (secondary N) is 1. The van der Waals surface area contributed by atoms with Gasteiger partial charge in [0, 0.05) is 16.1 Å². The number of carboxylic acid groups (broad SMARTS) is 1. The van der Waals surface area contributed by atoms with Crippen molar-refractivity contribution >= 4 is 32.8 Å². The lowest BCUT2D eigenvalue weighted by atomic mass is 10.1. The third-order valence-electron chi connectivity index (χ3n) is 2.22. The number of aromatic carboxylic acids is 1. The first-order valence-electron chi connectivity index (χ1n) is 4.10. The van der Waals surface area contributed by atoms with Gasteiger partial charge in [0.15, 0.2) is 0 Å². The van der Waals surface area contributed by atoms with Gasteiger partial charge in [-0.05, 0) is 34.5 Å². The minimum absolute atomic E-state index is 0.318. The van der Waals surface area contributed by atoms with Gasteiger partial charge in [-0.2, -0.15) is 0 Å². The number of aromatic amines is 1. The standard InChI is InChI=1S/C10H8BrNO2/c1-5-2-3-7(11)9-8(5)6(4-12-9)10(13)14/h2-4,12H,1H3,(H,13,14). The summed E-state index contributed by atoms with van der Waals surface area (Å²) in [5.74, 6) is -0.905. The third kappa shape index (κ3) is 1.23. The number of aryl methyl sites for hydroxylation is 1. The van der Waals surface area contributed by atoms with Crippen molar-refractivity contribution in [2.45, 2.75) is 6.92 Å². The van der Waals surface area contributed by atoms with Crippen molar-refractivity contribution in [2.24, 2.45) is 0 Å². The van der Waals surface area contributed by atoms with Crippen LogP contribution in [0.3, 0.4) is 0 Å². The van der Waals surface area contributed by atoms with E-state index in [0.717, 1.165) is 20.9 Å². The molecule has 0 atom stereocenters. The van der Waals surface area contributed by atoms with E-state index in [4.69, 9.17) is 5.11 Å². The Morgan fingerprint density at radius 2 is 2.21 bits per heavy atom. The summed E-state index contributed by atoms with van der Waals surface area (Å²) >= 11 is 3.37. The Hall–Kier alpha value is -1.29. The predicted octanol–water partition coefficient (Wildman–Crippen LogP) is 2.94. The highest BCUT2D eigenvalue weighted by molar-refractivity contribution is 9.10. The zero-order valence-corrected chi connectivity index (χ0v) is 9.05. The normalized spacial score (nSPS) is 10.7. The van der Waals surface area contributed by atoms with Crippen molar-refractivity contribution in [2.75, 3.05) is 0 Å². The van der Waals surface area contributed by atoms with E-state index < -0.39 is 5.97 Å². The molecular weight excluding hydrogens is 246 g/mol. The summed E-state index contributed by atoms with van der Waals surface area (Å²) in [6.45, 7) is 1.90. The number of fused-ring (bicyclic) bond motifs is 1. The summed E-state index contributed by atoms with van der Waals surface area (Å²) in [6.07, 6.45) is 1.52. The van der Waals surface area contributed by atoms with Crippen LogP contribution in [0.25, 0.3) is 10.9 Å². The number of carboxylic acids is 1. The third-order valence-corrected chi connectivity index (χ3v) is 2.88. The molecule has 2 aromatic rings. The molecule has 0 bridgehead atoms. The van der Waals surface area contributed by atoms with Crippen LogP contribution in [0, 0.1) is 6.92 Å². The maximum atomic E-state index is 10.9. The average molecular weight is 254 g/mol. The first kappa shape index (κ1) is 9.27. The molecule has 2 rings (SSSR count). The molecular formula is C10H8BrNO2. The minimum atomic E-state index is -0.905. The van der Waals surface area contributed by atoms with Crippen molar-refractivity contribution in [3.63, 3.8) is 0 Å². The fraction of sp³-hybridized carbons (Fsp3) is 0.100. The largest absolute Gasteiger partial charge is 0.478 e. The predicted molar refractivity (Wildman–Crippen MR) is 57.7 cm³/mol. The lowest BCUT2D eigenvalue weighted by Crippen LogP contribution is -1.94. The van der Waals surface area contributed by atoms with Gasteiger partial charge in [0.1, 0.15) is 0 Å². The molecule has 1 heterocycles. The van der Waals surface area contributed by atoms with Gasteiger partial charge in [-0.1, -0.05) is 6.07 Å². The Balaban J connectivity index is 2.90. The van der Waals surface area contributed by atoms with Crippen LogP contribution >= 0.6 is 15.9 Å². The second-order valence-corrected chi connectivity index (χ2v) is 3.98. The molecule has 1 aromatic heterocycles. The smallest absolute Gasteiger partial charge is 0.337 e. The number of hydrogen-bond donors (Lipinski definition) is 2. The van der Waals surface area contributed by atoms with E-state index in [2.05, 4.69) is 20.9 Å². The van der Waals surface area contributed by atoms with Crippen molar-refractivity contribution in [1.29, 1.82) is 0 Å². The van der Waals surface area contributed by atoms with Crippen LogP contribution in [0.1, 0.15) is 15.9 Å². The van der Waals surface area contributed by atoms with Crippen molar-refractivity contribution in [3.8, 4) is 0 Å². The number of rotatable bonds is 1. The van der Waals surface area contributed by atoms with Gasteiger partial charge in [0.25, 0.3) is 0 Å². The van der Waals surface area contributed by atoms with Crippen LogP contribution in [-0.4, -0.2) is 16.1 Å². The van der Waals surface area contributed by atoms with Crippen LogP contribution in [0.2, 0.25) is 0 Å². The molecule has 0 spiro atoms. The molecule has 3 nitrogen and oxygen atoms in total. The van der Waals surface area contributed by atoms with Crippen molar-refractivity contribution in [3.05, 3.63) is 33.9 Å². The highest BCUT2D eigenvalue weighted by Crippen LogP contribution is 2.28. The molecule has 0 unspecified atom stereocenters. The van der Waals surface area contributed by atoms with E-state index in [1.807, 2.05) is 19.1 Å². The Bertz CT molecular complexity index is 516. The summed E-state index contributed by atoms with van der Waals surface area (Å²) in [6, 6.07) is 3.80. The van der Waals surface area contributed by atoms with E-state index in [1.165, 1.54) is 6.20 Å². The van der Waals surface area contributed by atoms with Gasteiger partial charge >= 0.3 is 5.97 Å². The molecule has 1 aromatic carbocycles. The van der Waals surface area contributed by atoms with Crippen LogP contribution in [-0.2, 0) is 0 Å². The molecule has 0 amide bonds. The lowest BCUT2D eigenvalue weighted by Gasteiger charge is -1.99. The number of aromatic nitrogens is 1. The molecule has 0 radical (unpaired) electrons. The topological polar surface area (TPSA) is 53.1 Å². The summed E-state index contributed by atoms with van der Waals surface area (Å²) < 4.78 is 0.880. The zero-order chi connectivity index (χ0) is 10.3.